The lowest BCUT2D eigenvalue weighted by molar-refractivity contribution is 0.0938. The van der Waals surface area contributed by atoms with Gasteiger partial charge in [0.25, 0.3) is 5.91 Å². The SMILES string of the molecule is COc1ccc2c(c1)CCc1c-2n[nH]c1C(=O)NCCN1CCC(Cc2ccccc2)CC1. The number of amides is 1. The molecule has 2 heterocycles. The Balaban J connectivity index is 1.11. The number of nitrogens with zero attached hydrogens (tertiary/aromatic N) is 2. The molecule has 2 N–H and O–H groups in total. The van der Waals surface area contributed by atoms with E-state index in [1.165, 1.54) is 30.4 Å². The molecule has 1 saturated heterocycles. The van der Waals surface area contributed by atoms with Crippen molar-refractivity contribution in [1.29, 1.82) is 0 Å². The Bertz CT molecular complexity index is 1100. The van der Waals surface area contributed by atoms with Crippen molar-refractivity contribution in [3.8, 4) is 17.0 Å². The van der Waals surface area contributed by atoms with Crippen LogP contribution in [0.5, 0.6) is 5.75 Å². The van der Waals surface area contributed by atoms with E-state index in [9.17, 15) is 4.79 Å². The normalized spacial score (nSPS) is 16.2. The fourth-order valence-electron chi connectivity index (χ4n) is 5.19. The number of fused-ring (bicyclic) bond motifs is 3. The smallest absolute Gasteiger partial charge is 0.269 e. The van der Waals surface area contributed by atoms with Crippen LogP contribution in [-0.2, 0) is 19.3 Å². The molecule has 0 spiro atoms. The molecule has 0 radical (unpaired) electrons. The Hall–Kier alpha value is -3.12. The maximum Gasteiger partial charge on any atom is 0.269 e. The van der Waals surface area contributed by atoms with Crippen LogP contribution in [0, 0.1) is 5.92 Å². The van der Waals surface area contributed by atoms with Crippen LogP contribution in [0.1, 0.15) is 40.0 Å². The summed E-state index contributed by atoms with van der Waals surface area (Å²) in [5.74, 6) is 1.56. The summed E-state index contributed by atoms with van der Waals surface area (Å²) in [6.07, 6.45) is 5.31. The zero-order valence-corrected chi connectivity index (χ0v) is 19.3. The fraction of sp³-hybridized carbons (Fsp3) is 0.407. The van der Waals surface area contributed by atoms with Gasteiger partial charge < -0.3 is 15.0 Å². The molecule has 0 atom stereocenters. The summed E-state index contributed by atoms with van der Waals surface area (Å²) in [5, 5.41) is 10.6. The summed E-state index contributed by atoms with van der Waals surface area (Å²) >= 11 is 0. The van der Waals surface area contributed by atoms with Gasteiger partial charge in [-0.25, -0.2) is 0 Å². The molecular formula is C27H32N4O2. The third-order valence-electron chi connectivity index (χ3n) is 7.09. The molecule has 6 heteroatoms. The number of aromatic amines is 1. The van der Waals surface area contributed by atoms with Crippen molar-refractivity contribution in [1.82, 2.24) is 20.4 Å². The quantitative estimate of drug-likeness (QED) is 0.580. The number of likely N-dealkylation sites (tertiary alicyclic amines) is 1. The highest BCUT2D eigenvalue weighted by atomic mass is 16.5. The minimum Gasteiger partial charge on any atom is -0.497 e. The number of ether oxygens (including phenoxy) is 1. The predicted molar refractivity (Wildman–Crippen MR) is 130 cm³/mol. The second kappa shape index (κ2) is 9.79. The second-order valence-electron chi connectivity index (χ2n) is 9.18. The Kier molecular flexibility index (Phi) is 6.44. The number of benzene rings is 2. The van der Waals surface area contributed by atoms with Crippen molar-refractivity contribution < 1.29 is 9.53 Å². The van der Waals surface area contributed by atoms with E-state index in [4.69, 9.17) is 4.74 Å². The maximum absolute atomic E-state index is 12.9. The first-order chi connectivity index (χ1) is 16.2. The van der Waals surface area contributed by atoms with Crippen molar-refractivity contribution in [2.75, 3.05) is 33.3 Å². The average molecular weight is 445 g/mol. The van der Waals surface area contributed by atoms with Crippen molar-refractivity contribution in [2.24, 2.45) is 5.92 Å². The minimum absolute atomic E-state index is 0.0559. The number of nitrogens with one attached hydrogen (secondary N) is 2. The summed E-state index contributed by atoms with van der Waals surface area (Å²) in [7, 11) is 1.68. The largest absolute Gasteiger partial charge is 0.497 e. The molecule has 0 bridgehead atoms. The number of H-pyrrole nitrogens is 1. The molecule has 33 heavy (non-hydrogen) atoms. The number of piperidine rings is 1. The lowest BCUT2D eigenvalue weighted by Gasteiger charge is -2.32. The van der Waals surface area contributed by atoms with Crippen molar-refractivity contribution in [3.63, 3.8) is 0 Å². The lowest BCUT2D eigenvalue weighted by Crippen LogP contribution is -2.40. The number of methoxy groups -OCH3 is 1. The van der Waals surface area contributed by atoms with E-state index in [0.717, 1.165) is 61.0 Å². The van der Waals surface area contributed by atoms with Gasteiger partial charge in [-0.05, 0) is 80.4 Å². The minimum atomic E-state index is -0.0559. The maximum atomic E-state index is 12.9. The van der Waals surface area contributed by atoms with Crippen LogP contribution in [0.15, 0.2) is 48.5 Å². The number of carbonyl (C=O) groups is 1. The Morgan fingerprint density at radius 3 is 2.76 bits per heavy atom. The van der Waals surface area contributed by atoms with Gasteiger partial charge in [0.1, 0.15) is 11.4 Å². The third kappa shape index (κ3) is 4.81. The van der Waals surface area contributed by atoms with E-state index in [1.807, 2.05) is 12.1 Å². The Labute approximate surface area is 195 Å². The highest BCUT2D eigenvalue weighted by molar-refractivity contribution is 5.96. The van der Waals surface area contributed by atoms with Gasteiger partial charge in [0.05, 0.1) is 12.8 Å². The Morgan fingerprint density at radius 1 is 1.15 bits per heavy atom. The Morgan fingerprint density at radius 2 is 1.97 bits per heavy atom. The third-order valence-corrected chi connectivity index (χ3v) is 7.09. The molecule has 3 aromatic rings. The molecule has 1 aliphatic carbocycles. The van der Waals surface area contributed by atoms with Crippen LogP contribution in [0.25, 0.3) is 11.3 Å². The summed E-state index contributed by atoms with van der Waals surface area (Å²) in [6.45, 7) is 3.76. The van der Waals surface area contributed by atoms with Crippen LogP contribution in [-0.4, -0.2) is 54.3 Å². The molecule has 2 aromatic carbocycles. The number of rotatable bonds is 7. The molecule has 172 valence electrons. The van der Waals surface area contributed by atoms with Gasteiger partial charge in [-0.15, -0.1) is 0 Å². The zero-order chi connectivity index (χ0) is 22.6. The van der Waals surface area contributed by atoms with Crippen molar-refractivity contribution in [2.45, 2.75) is 32.1 Å². The molecule has 0 saturated carbocycles. The molecule has 1 aliphatic heterocycles. The van der Waals surface area contributed by atoms with Crippen LogP contribution < -0.4 is 10.1 Å². The van der Waals surface area contributed by atoms with Gasteiger partial charge >= 0.3 is 0 Å². The molecule has 2 aliphatic rings. The monoisotopic (exact) mass is 444 g/mol. The van der Waals surface area contributed by atoms with Gasteiger partial charge in [-0.2, -0.15) is 5.10 Å². The first-order valence-electron chi connectivity index (χ1n) is 12.0. The van der Waals surface area contributed by atoms with E-state index >= 15 is 0 Å². The van der Waals surface area contributed by atoms with Gasteiger partial charge in [-0.1, -0.05) is 30.3 Å². The van der Waals surface area contributed by atoms with Crippen molar-refractivity contribution >= 4 is 5.91 Å². The predicted octanol–water partition coefficient (Wildman–Crippen LogP) is 3.87. The van der Waals surface area contributed by atoms with Gasteiger partial charge in [-0.3, -0.25) is 9.89 Å². The van der Waals surface area contributed by atoms with Gasteiger partial charge in [0, 0.05) is 24.2 Å². The number of hydrogen-bond donors (Lipinski definition) is 2. The molecular weight excluding hydrogens is 412 g/mol. The average Bonchev–Trinajstić information content (AvgIpc) is 3.30. The number of aromatic nitrogens is 2. The standard InChI is InChI=1S/C27H32N4O2/c1-33-22-8-10-23-21(18-22)7-9-24-25(23)29-30-26(24)27(32)28-13-16-31-14-11-20(12-15-31)17-19-5-3-2-4-6-19/h2-6,8,10,18,20H,7,9,11-17H2,1H3,(H,28,32)(H,29,30). The van der Waals surface area contributed by atoms with Gasteiger partial charge in [0.2, 0.25) is 0 Å². The molecule has 1 fully saturated rings. The number of carbonyl (C=O) groups excluding carboxylic acids is 1. The molecule has 1 amide bonds. The van der Waals surface area contributed by atoms with Crippen molar-refractivity contribution in [3.05, 3.63) is 70.9 Å². The topological polar surface area (TPSA) is 70.2 Å². The highest BCUT2D eigenvalue weighted by Crippen LogP contribution is 2.35. The van der Waals surface area contributed by atoms with Crippen LogP contribution in [0.3, 0.4) is 0 Å². The van der Waals surface area contributed by atoms with Gasteiger partial charge in [0.15, 0.2) is 0 Å². The zero-order valence-electron chi connectivity index (χ0n) is 19.3. The van der Waals surface area contributed by atoms with E-state index in [1.54, 1.807) is 7.11 Å². The lowest BCUT2D eigenvalue weighted by atomic mass is 9.89. The summed E-state index contributed by atoms with van der Waals surface area (Å²) < 4.78 is 5.34. The molecule has 1 aromatic heterocycles. The van der Waals surface area contributed by atoms with Crippen LogP contribution in [0.2, 0.25) is 0 Å². The number of aryl methyl sites for hydroxylation is 1. The first kappa shape index (κ1) is 21.7. The fourth-order valence-corrected chi connectivity index (χ4v) is 5.19. The summed E-state index contributed by atoms with van der Waals surface area (Å²) in [6, 6.07) is 16.8. The van der Waals surface area contributed by atoms with E-state index < -0.39 is 0 Å². The summed E-state index contributed by atoms with van der Waals surface area (Å²) in [4.78, 5) is 15.3. The number of hydrogen-bond acceptors (Lipinski definition) is 4. The molecule has 5 rings (SSSR count). The second-order valence-corrected chi connectivity index (χ2v) is 9.18. The van der Waals surface area contributed by atoms with Crippen LogP contribution >= 0.6 is 0 Å². The van der Waals surface area contributed by atoms with Crippen LogP contribution in [0.4, 0.5) is 0 Å². The first-order valence-corrected chi connectivity index (χ1v) is 12.0. The van der Waals surface area contributed by atoms with E-state index in [0.29, 0.717) is 12.2 Å². The molecule has 6 nitrogen and oxygen atoms in total. The summed E-state index contributed by atoms with van der Waals surface area (Å²) in [5.41, 5.74) is 6.26. The van der Waals surface area contributed by atoms with E-state index in [2.05, 4.69) is 56.8 Å². The molecule has 0 unspecified atom stereocenters. The van der Waals surface area contributed by atoms with E-state index in [-0.39, 0.29) is 5.91 Å². The highest BCUT2D eigenvalue weighted by Gasteiger charge is 2.26.